The molecule has 0 aliphatic rings. The molecule has 0 radical (unpaired) electrons. The minimum absolute atomic E-state index is 0.156. The Kier molecular flexibility index (Phi) is 18.3. The molecule has 66 heavy (non-hydrogen) atoms. The van der Waals surface area contributed by atoms with Crippen molar-refractivity contribution in [2.75, 3.05) is 0 Å². The normalized spacial score (nSPS) is 11.4. The van der Waals surface area contributed by atoms with Gasteiger partial charge in [-0.1, -0.05) is 188 Å². The van der Waals surface area contributed by atoms with Gasteiger partial charge in [-0.05, 0) is 73.6 Å². The topological polar surface area (TPSA) is 91.3 Å². The van der Waals surface area contributed by atoms with Crippen molar-refractivity contribution in [3.8, 4) is 11.5 Å². The monoisotopic (exact) mass is 888 g/mol. The molecule has 0 aliphatic carbocycles. The summed E-state index contributed by atoms with van der Waals surface area (Å²) >= 11 is 0. The van der Waals surface area contributed by atoms with Crippen LogP contribution < -0.4 is 9.47 Å². The maximum atomic E-state index is 12.9. The molecule has 0 fully saturated rings. The van der Waals surface area contributed by atoms with Gasteiger partial charge >= 0.3 is 11.9 Å². The second-order valence-electron chi connectivity index (χ2n) is 17.7. The fourth-order valence-electron chi connectivity index (χ4n) is 9.34. The van der Waals surface area contributed by atoms with Gasteiger partial charge in [0.1, 0.15) is 37.9 Å². The zero-order valence-corrected chi connectivity index (χ0v) is 39.2. The molecule has 0 bridgehead atoms. The average molecular weight is 889 g/mol. The summed E-state index contributed by atoms with van der Waals surface area (Å²) in [5.74, 6) is 0.847. The van der Waals surface area contributed by atoms with Crippen LogP contribution in [0.5, 0.6) is 11.5 Å². The van der Waals surface area contributed by atoms with E-state index in [0.29, 0.717) is 29.9 Å². The number of carbonyl (C=O) groups excluding carboxylic acids is 2. The molecule has 0 unspecified atom stereocenters. The molecule has 7 aromatic rings. The lowest BCUT2D eigenvalue weighted by Gasteiger charge is -2.19. The first-order chi connectivity index (χ1) is 32.5. The molecule has 0 amide bonds. The lowest BCUT2D eigenvalue weighted by atomic mass is 9.92. The molecule has 0 atom stereocenters. The Balaban J connectivity index is 1.06. The van der Waals surface area contributed by atoms with Crippen molar-refractivity contribution in [2.45, 2.75) is 150 Å². The number of hydrogen-bond donors (Lipinski definition) is 1. The Hall–Kier alpha value is -5.92. The van der Waals surface area contributed by atoms with Gasteiger partial charge in [0, 0.05) is 41.2 Å². The van der Waals surface area contributed by atoms with E-state index >= 15 is 0 Å². The van der Waals surface area contributed by atoms with Crippen LogP contribution in [0.2, 0.25) is 0 Å². The number of hydrogen-bond acceptors (Lipinski definition) is 7. The van der Waals surface area contributed by atoms with Gasteiger partial charge in [0.2, 0.25) is 0 Å². The van der Waals surface area contributed by atoms with Gasteiger partial charge in [-0.15, -0.1) is 0 Å². The Morgan fingerprint density at radius 1 is 0.394 bits per heavy atom. The first-order valence-corrected chi connectivity index (χ1v) is 24.6. The van der Waals surface area contributed by atoms with Crippen LogP contribution in [0.25, 0.3) is 43.1 Å². The maximum Gasteiger partial charge on any atom is 0.306 e. The molecule has 7 aromatic carbocycles. The number of fused-ring (bicyclic) bond motifs is 4. The van der Waals surface area contributed by atoms with Crippen molar-refractivity contribution in [1.29, 1.82) is 0 Å². The highest BCUT2D eigenvalue weighted by atomic mass is 16.5. The van der Waals surface area contributed by atoms with Crippen molar-refractivity contribution < 1.29 is 33.6 Å². The second kappa shape index (κ2) is 25.1. The minimum atomic E-state index is -0.177. The molecule has 1 N–H and O–H groups in total. The number of unbranched alkanes of at least 4 members (excludes halogenated alkanes) is 12. The molecule has 0 aliphatic heterocycles. The summed E-state index contributed by atoms with van der Waals surface area (Å²) in [5, 5.41) is 18.6. The number of esters is 2. The summed E-state index contributed by atoms with van der Waals surface area (Å²) in [7, 11) is 0. The van der Waals surface area contributed by atoms with Crippen LogP contribution >= 0.6 is 0 Å². The molecular weight excluding hydrogens is 821 g/mol. The zero-order valence-electron chi connectivity index (χ0n) is 39.2. The first kappa shape index (κ1) is 48.0. The van der Waals surface area contributed by atoms with E-state index in [0.717, 1.165) is 104 Å². The van der Waals surface area contributed by atoms with Crippen LogP contribution in [0.3, 0.4) is 0 Å². The fraction of sp³-hybridized carbons (Fsp3) is 0.390. The SMILES string of the molecule is CCCCCCCCCC(=O)OCc1c2ccccc2c(COc2cc(CO)cc(OCc3c4ccccc4c(COC(=O)CCCCCCCCC)c4ccccc34)c2)c2ccccc12. The molecule has 7 rings (SSSR count). The summed E-state index contributed by atoms with van der Waals surface area (Å²) in [6.07, 6.45) is 17.0. The Labute approximate surface area is 391 Å². The van der Waals surface area contributed by atoms with Crippen molar-refractivity contribution in [1.82, 2.24) is 0 Å². The largest absolute Gasteiger partial charge is 0.489 e. The molecular formula is C59H68O7. The highest BCUT2D eigenvalue weighted by molar-refractivity contribution is 6.07. The van der Waals surface area contributed by atoms with Gasteiger partial charge in [-0.2, -0.15) is 0 Å². The molecule has 0 spiro atoms. The highest BCUT2D eigenvalue weighted by Gasteiger charge is 2.18. The molecule has 7 nitrogen and oxygen atoms in total. The number of aliphatic hydroxyl groups excluding tert-OH is 1. The zero-order chi connectivity index (χ0) is 45.9. The number of carbonyl (C=O) groups is 2. The van der Waals surface area contributed by atoms with Crippen LogP contribution in [0.1, 0.15) is 144 Å². The predicted molar refractivity (Wildman–Crippen MR) is 269 cm³/mol. The Morgan fingerprint density at radius 3 is 0.985 bits per heavy atom. The van der Waals surface area contributed by atoms with Crippen LogP contribution in [-0.2, 0) is 52.1 Å². The van der Waals surface area contributed by atoms with E-state index in [1.54, 1.807) is 0 Å². The average Bonchev–Trinajstić information content (AvgIpc) is 3.35. The second-order valence-corrected chi connectivity index (χ2v) is 17.7. The van der Waals surface area contributed by atoms with Crippen LogP contribution in [0, 0.1) is 0 Å². The summed E-state index contributed by atoms with van der Waals surface area (Å²) in [6.45, 7) is 5.23. The summed E-state index contributed by atoms with van der Waals surface area (Å²) in [5.41, 5.74) is 4.71. The van der Waals surface area contributed by atoms with Gasteiger partial charge in [-0.3, -0.25) is 9.59 Å². The molecule has 0 saturated carbocycles. The quantitative estimate of drug-likeness (QED) is 0.0312. The molecule has 0 heterocycles. The van der Waals surface area contributed by atoms with E-state index in [1.807, 2.05) is 66.7 Å². The molecule has 7 heteroatoms. The van der Waals surface area contributed by atoms with E-state index in [9.17, 15) is 14.7 Å². The van der Waals surface area contributed by atoms with Crippen molar-refractivity contribution in [2.24, 2.45) is 0 Å². The van der Waals surface area contributed by atoms with E-state index < -0.39 is 0 Å². The Morgan fingerprint density at radius 2 is 0.682 bits per heavy atom. The molecule has 0 aromatic heterocycles. The summed E-state index contributed by atoms with van der Waals surface area (Å²) in [4.78, 5) is 25.8. The third-order valence-corrected chi connectivity index (χ3v) is 12.9. The third-order valence-electron chi connectivity index (χ3n) is 12.9. The van der Waals surface area contributed by atoms with Gasteiger partial charge in [-0.25, -0.2) is 0 Å². The third kappa shape index (κ3) is 12.7. The van der Waals surface area contributed by atoms with Gasteiger partial charge < -0.3 is 24.1 Å². The van der Waals surface area contributed by atoms with E-state index in [1.165, 1.54) is 51.4 Å². The van der Waals surface area contributed by atoms with Crippen molar-refractivity contribution >= 4 is 55.0 Å². The van der Waals surface area contributed by atoms with Crippen LogP contribution in [0.4, 0.5) is 0 Å². The van der Waals surface area contributed by atoms with Crippen LogP contribution in [0.15, 0.2) is 115 Å². The van der Waals surface area contributed by atoms with Crippen molar-refractivity contribution in [3.63, 3.8) is 0 Å². The standard InChI is InChI=1S/C59H68O7/c1-3-5-7-9-11-13-15-33-58(61)65-41-56-50-29-21-17-25-46(50)54(47-26-18-22-30-51(47)56)39-63-44-35-43(38-60)36-45(37-44)64-40-55-48-27-19-23-31-52(48)57(53-32-24-20-28-49(53)55)42-66-59(62)34-16-14-12-10-8-6-4-2/h17-32,35-37,60H,3-16,33-34,38-42H2,1-2H3. The Bertz CT molecular complexity index is 2390. The van der Waals surface area contributed by atoms with E-state index in [-0.39, 0.29) is 45.0 Å². The van der Waals surface area contributed by atoms with Crippen molar-refractivity contribution in [3.05, 3.63) is 143 Å². The van der Waals surface area contributed by atoms with Gasteiger partial charge in [0.15, 0.2) is 0 Å². The number of rotatable bonds is 27. The molecule has 346 valence electrons. The van der Waals surface area contributed by atoms with E-state index in [4.69, 9.17) is 18.9 Å². The van der Waals surface area contributed by atoms with Gasteiger partial charge in [0.05, 0.1) is 6.61 Å². The van der Waals surface area contributed by atoms with Crippen LogP contribution in [-0.4, -0.2) is 17.0 Å². The summed E-state index contributed by atoms with van der Waals surface area (Å²) in [6, 6.07) is 38.5. The minimum Gasteiger partial charge on any atom is -0.489 e. The van der Waals surface area contributed by atoms with E-state index in [2.05, 4.69) is 62.4 Å². The smallest absolute Gasteiger partial charge is 0.306 e. The number of ether oxygens (including phenoxy) is 4. The van der Waals surface area contributed by atoms with Gasteiger partial charge in [0.25, 0.3) is 0 Å². The number of aliphatic hydroxyl groups is 1. The highest BCUT2D eigenvalue weighted by Crippen LogP contribution is 2.37. The lowest BCUT2D eigenvalue weighted by molar-refractivity contribution is -0.145. The molecule has 0 saturated heterocycles. The predicted octanol–water partition coefficient (Wildman–Crippen LogP) is 15.3. The lowest BCUT2D eigenvalue weighted by Crippen LogP contribution is -2.07. The first-order valence-electron chi connectivity index (χ1n) is 24.6. The number of benzene rings is 7. The summed E-state index contributed by atoms with van der Waals surface area (Å²) < 4.78 is 25.1. The fourth-order valence-corrected chi connectivity index (χ4v) is 9.34. The maximum absolute atomic E-state index is 12.9.